The van der Waals surface area contributed by atoms with Gasteiger partial charge in [-0.1, -0.05) is 62.4 Å². The first-order valence-electron chi connectivity index (χ1n) is 7.56. The molecule has 0 N–H and O–H groups in total. The van der Waals surface area contributed by atoms with Gasteiger partial charge in [0.25, 0.3) is 0 Å². The van der Waals surface area contributed by atoms with Crippen LogP contribution in [-0.2, 0) is 0 Å². The fourth-order valence-electron chi connectivity index (χ4n) is 2.31. The minimum atomic E-state index is -0.196. The minimum absolute atomic E-state index is 0.196. The zero-order chi connectivity index (χ0) is 15.1. The number of allylic oxidation sites excluding steroid dienone is 2. The van der Waals surface area contributed by atoms with Crippen molar-refractivity contribution in [1.82, 2.24) is 0 Å². The van der Waals surface area contributed by atoms with Gasteiger partial charge in [-0.25, -0.2) is 4.39 Å². The van der Waals surface area contributed by atoms with Gasteiger partial charge in [0.15, 0.2) is 0 Å². The number of hydrogen-bond donors (Lipinski definition) is 0. The monoisotopic (exact) mass is 280 g/mol. The van der Waals surface area contributed by atoms with Crippen LogP contribution in [0.5, 0.6) is 0 Å². The van der Waals surface area contributed by atoms with Crippen LogP contribution in [0, 0.1) is 5.82 Å². The van der Waals surface area contributed by atoms with Crippen LogP contribution < -0.4 is 0 Å². The summed E-state index contributed by atoms with van der Waals surface area (Å²) in [7, 11) is 0. The Morgan fingerprint density at radius 3 is 1.95 bits per heavy atom. The predicted molar refractivity (Wildman–Crippen MR) is 90.5 cm³/mol. The molecule has 0 aliphatic heterocycles. The van der Waals surface area contributed by atoms with Crippen LogP contribution in [0.1, 0.15) is 37.8 Å². The molecule has 3 rings (SSSR count). The van der Waals surface area contributed by atoms with Crippen molar-refractivity contribution >= 4 is 12.2 Å². The molecule has 0 heterocycles. The Bertz CT molecular complexity index is 633. The highest BCUT2D eigenvalue weighted by molar-refractivity contribution is 5.73. The van der Waals surface area contributed by atoms with Crippen LogP contribution in [-0.4, -0.2) is 0 Å². The zero-order valence-electron chi connectivity index (χ0n) is 12.6. The normalized spacial score (nSPS) is 15.8. The van der Waals surface area contributed by atoms with E-state index in [9.17, 15) is 4.39 Å². The van der Waals surface area contributed by atoms with Crippen LogP contribution in [0.3, 0.4) is 0 Å². The molecule has 1 aliphatic carbocycles. The highest BCUT2D eigenvalue weighted by Gasteiger charge is 2.03. The Hall–Kier alpha value is -2.15. The fourth-order valence-corrected chi connectivity index (χ4v) is 2.31. The molecule has 0 aromatic heterocycles. The lowest BCUT2D eigenvalue weighted by Crippen LogP contribution is -1.86. The first-order valence-corrected chi connectivity index (χ1v) is 7.56. The van der Waals surface area contributed by atoms with Gasteiger partial charge in [0, 0.05) is 0 Å². The average molecular weight is 280 g/mol. The van der Waals surface area contributed by atoms with Gasteiger partial charge in [0.2, 0.25) is 0 Å². The lowest BCUT2D eigenvalue weighted by molar-refractivity contribution is 0.628. The van der Waals surface area contributed by atoms with Gasteiger partial charge in [-0.2, -0.15) is 0 Å². The van der Waals surface area contributed by atoms with Crippen LogP contribution in [0.15, 0.2) is 54.6 Å². The highest BCUT2D eigenvalue weighted by Crippen LogP contribution is 2.25. The zero-order valence-corrected chi connectivity index (χ0v) is 12.6. The molecular formula is C20H21F. The molecule has 0 spiro atoms. The summed E-state index contributed by atoms with van der Waals surface area (Å²) in [4.78, 5) is 0. The Morgan fingerprint density at radius 1 is 0.714 bits per heavy atom. The van der Waals surface area contributed by atoms with Gasteiger partial charge < -0.3 is 0 Å². The van der Waals surface area contributed by atoms with Gasteiger partial charge in [-0.15, -0.1) is 0 Å². The summed E-state index contributed by atoms with van der Waals surface area (Å²) in [6.07, 6.45) is 10.9. The Morgan fingerprint density at radius 2 is 1.29 bits per heavy atom. The van der Waals surface area contributed by atoms with Crippen molar-refractivity contribution in [2.75, 3.05) is 0 Å². The standard InChI is InChI=1S/C18H15F.C2H6/c19-18-11-9-15(10-12-18)17-8-7-14-5-3-1-2-4-6-16(14)13-17;1-2/h3-13H,1-2H2;1-2H3/b5-3-,6-4-;. The molecule has 0 nitrogen and oxygen atoms in total. The maximum absolute atomic E-state index is 13.0. The van der Waals surface area contributed by atoms with E-state index < -0.39 is 0 Å². The molecular weight excluding hydrogens is 259 g/mol. The number of benzene rings is 2. The third kappa shape index (κ3) is 3.91. The average Bonchev–Trinajstić information content (AvgIpc) is 2.51. The van der Waals surface area contributed by atoms with E-state index in [0.29, 0.717) is 0 Å². The van der Waals surface area contributed by atoms with Crippen molar-refractivity contribution in [3.63, 3.8) is 0 Å². The van der Waals surface area contributed by atoms with Crippen LogP contribution in [0.25, 0.3) is 23.3 Å². The minimum Gasteiger partial charge on any atom is -0.207 e. The third-order valence-corrected chi connectivity index (χ3v) is 3.36. The molecule has 0 unspecified atom stereocenters. The molecule has 2 aromatic rings. The maximum Gasteiger partial charge on any atom is 0.123 e. The lowest BCUT2D eigenvalue weighted by atomic mass is 9.97. The van der Waals surface area contributed by atoms with Gasteiger partial charge in [-0.05, 0) is 53.3 Å². The van der Waals surface area contributed by atoms with Crippen molar-refractivity contribution < 1.29 is 4.39 Å². The molecule has 108 valence electrons. The fraction of sp³-hybridized carbons (Fsp3) is 0.200. The van der Waals surface area contributed by atoms with E-state index in [-0.39, 0.29) is 5.82 Å². The quantitative estimate of drug-likeness (QED) is 0.571. The van der Waals surface area contributed by atoms with E-state index in [1.807, 2.05) is 26.0 Å². The van der Waals surface area contributed by atoms with Crippen LogP contribution >= 0.6 is 0 Å². The molecule has 1 aliphatic rings. The smallest absolute Gasteiger partial charge is 0.123 e. The summed E-state index contributed by atoms with van der Waals surface area (Å²) < 4.78 is 13.0. The topological polar surface area (TPSA) is 0 Å². The summed E-state index contributed by atoms with van der Waals surface area (Å²) >= 11 is 0. The second-order valence-corrected chi connectivity index (χ2v) is 4.73. The summed E-state index contributed by atoms with van der Waals surface area (Å²) in [5.74, 6) is -0.196. The Labute approximate surface area is 126 Å². The van der Waals surface area contributed by atoms with E-state index in [4.69, 9.17) is 0 Å². The lowest BCUT2D eigenvalue weighted by Gasteiger charge is -2.08. The molecule has 2 aromatic carbocycles. The van der Waals surface area contributed by atoms with Crippen molar-refractivity contribution in [2.24, 2.45) is 0 Å². The van der Waals surface area contributed by atoms with Gasteiger partial charge in [0.05, 0.1) is 0 Å². The largest absolute Gasteiger partial charge is 0.207 e. The van der Waals surface area contributed by atoms with Crippen molar-refractivity contribution in [3.8, 4) is 11.1 Å². The molecule has 0 saturated heterocycles. The van der Waals surface area contributed by atoms with E-state index in [1.165, 1.54) is 23.3 Å². The number of rotatable bonds is 1. The summed E-state index contributed by atoms with van der Waals surface area (Å²) in [5, 5.41) is 0. The van der Waals surface area contributed by atoms with Gasteiger partial charge >= 0.3 is 0 Å². The van der Waals surface area contributed by atoms with E-state index in [1.54, 1.807) is 0 Å². The van der Waals surface area contributed by atoms with Gasteiger partial charge in [0.1, 0.15) is 5.82 Å². The molecule has 0 atom stereocenters. The molecule has 0 amide bonds. The third-order valence-electron chi connectivity index (χ3n) is 3.36. The number of halogens is 1. The van der Waals surface area contributed by atoms with E-state index in [2.05, 4.69) is 42.5 Å². The van der Waals surface area contributed by atoms with Crippen LogP contribution in [0.4, 0.5) is 4.39 Å². The molecule has 0 radical (unpaired) electrons. The number of hydrogen-bond acceptors (Lipinski definition) is 0. The maximum atomic E-state index is 13.0. The second-order valence-electron chi connectivity index (χ2n) is 4.73. The van der Waals surface area contributed by atoms with E-state index >= 15 is 0 Å². The van der Waals surface area contributed by atoms with Crippen LogP contribution in [0.2, 0.25) is 0 Å². The molecule has 1 heteroatoms. The van der Waals surface area contributed by atoms with Gasteiger partial charge in [-0.3, -0.25) is 0 Å². The first kappa shape index (κ1) is 15.2. The molecule has 0 bridgehead atoms. The number of fused-ring (bicyclic) bond motifs is 1. The Kier molecular flexibility index (Phi) is 5.51. The Balaban J connectivity index is 0.000000774. The predicted octanol–water partition coefficient (Wildman–Crippen LogP) is 6.34. The highest BCUT2D eigenvalue weighted by atomic mass is 19.1. The molecule has 0 saturated carbocycles. The van der Waals surface area contributed by atoms with Crippen molar-refractivity contribution in [3.05, 3.63) is 71.6 Å². The molecule has 21 heavy (non-hydrogen) atoms. The summed E-state index contributed by atoms with van der Waals surface area (Å²) in [6, 6.07) is 13.0. The van der Waals surface area contributed by atoms with Crippen molar-refractivity contribution in [2.45, 2.75) is 26.7 Å². The summed E-state index contributed by atoms with van der Waals surface area (Å²) in [6.45, 7) is 4.00. The first-order chi connectivity index (χ1) is 10.3. The van der Waals surface area contributed by atoms with Crippen molar-refractivity contribution in [1.29, 1.82) is 0 Å². The second kappa shape index (κ2) is 7.58. The summed E-state index contributed by atoms with van der Waals surface area (Å²) in [5.41, 5.74) is 4.63. The molecule has 0 fully saturated rings. The van der Waals surface area contributed by atoms with E-state index in [0.717, 1.165) is 24.0 Å². The SMILES string of the molecule is CC.Fc1ccc(-c2ccc3c(c2)/C=C\CC/C=C\3)cc1.